The van der Waals surface area contributed by atoms with Crippen LogP contribution in [0.2, 0.25) is 0 Å². The molecule has 0 aliphatic carbocycles. The topological polar surface area (TPSA) is 162 Å². The predicted molar refractivity (Wildman–Crippen MR) is 167 cm³/mol. The SMILES string of the molecule is C=c1c(C)c(O)c(=C)c(C(C)(C)CC(=O)N(C)CCCN(C)C(=O)Oc2ccc3nc(C4=N[C@@H](C(=O)O)CO4)sc3c2)c1O. The Morgan fingerprint density at radius 2 is 1.80 bits per heavy atom. The zero-order valence-electron chi connectivity index (χ0n) is 25.3. The van der Waals surface area contributed by atoms with Gasteiger partial charge in [-0.2, -0.15) is 0 Å². The number of carboxylic acid groups (broad SMARTS) is 1. The Hall–Kier alpha value is -4.65. The largest absolute Gasteiger partial charge is 0.507 e. The summed E-state index contributed by atoms with van der Waals surface area (Å²) in [4.78, 5) is 48.4. The normalized spacial score (nSPS) is 14.7. The first-order valence-electron chi connectivity index (χ1n) is 13.8. The maximum atomic E-state index is 13.1. The fourth-order valence-corrected chi connectivity index (χ4v) is 5.85. The zero-order valence-corrected chi connectivity index (χ0v) is 26.2. The highest BCUT2D eigenvalue weighted by Crippen LogP contribution is 2.32. The summed E-state index contributed by atoms with van der Waals surface area (Å²) in [6.45, 7) is 13.7. The molecule has 2 aromatic carbocycles. The van der Waals surface area contributed by atoms with Crippen LogP contribution >= 0.6 is 11.3 Å². The lowest BCUT2D eigenvalue weighted by atomic mass is 9.78. The molecule has 3 aromatic rings. The number of phenolic OH excluding ortho intramolecular Hbond substituents is 2. The third-order valence-electron chi connectivity index (χ3n) is 7.60. The molecule has 13 heteroatoms. The number of fused-ring (bicyclic) bond motifs is 1. The number of aliphatic carboxylic acids is 1. The number of phenols is 2. The number of carboxylic acids is 1. The van der Waals surface area contributed by atoms with E-state index in [4.69, 9.17) is 14.6 Å². The van der Waals surface area contributed by atoms with Crippen molar-refractivity contribution in [1.29, 1.82) is 0 Å². The van der Waals surface area contributed by atoms with E-state index in [-0.39, 0.29) is 41.6 Å². The van der Waals surface area contributed by atoms with Gasteiger partial charge in [0.25, 0.3) is 0 Å². The smallest absolute Gasteiger partial charge is 0.414 e. The van der Waals surface area contributed by atoms with E-state index in [9.17, 15) is 24.6 Å². The summed E-state index contributed by atoms with van der Waals surface area (Å²) in [7, 11) is 3.27. The van der Waals surface area contributed by atoms with E-state index in [0.717, 1.165) is 0 Å². The predicted octanol–water partition coefficient (Wildman–Crippen LogP) is 2.71. The number of carbonyl (C=O) groups excluding carboxylic acids is 2. The van der Waals surface area contributed by atoms with Crippen molar-refractivity contribution in [2.24, 2.45) is 4.99 Å². The highest BCUT2D eigenvalue weighted by atomic mass is 32.1. The Bertz CT molecular complexity index is 1770. The molecule has 3 N–H and O–H groups in total. The van der Waals surface area contributed by atoms with Crippen LogP contribution in [0.5, 0.6) is 17.2 Å². The highest BCUT2D eigenvalue weighted by molar-refractivity contribution is 7.20. The van der Waals surface area contributed by atoms with Crippen LogP contribution < -0.4 is 15.2 Å². The van der Waals surface area contributed by atoms with Gasteiger partial charge < -0.3 is 34.6 Å². The number of rotatable bonds is 10. The molecule has 0 unspecified atom stereocenters. The Morgan fingerprint density at radius 1 is 1.11 bits per heavy atom. The lowest BCUT2D eigenvalue weighted by Crippen LogP contribution is -2.38. The first-order chi connectivity index (χ1) is 20.6. The number of aromatic hydroxyl groups is 2. The van der Waals surface area contributed by atoms with Crippen LogP contribution in [0.15, 0.2) is 23.2 Å². The van der Waals surface area contributed by atoms with E-state index in [1.54, 1.807) is 58.0 Å². The molecule has 1 aliphatic rings. The van der Waals surface area contributed by atoms with Gasteiger partial charge >= 0.3 is 12.1 Å². The molecule has 1 aliphatic heterocycles. The Balaban J connectivity index is 1.30. The molecular weight excluding hydrogens is 588 g/mol. The van der Waals surface area contributed by atoms with Crippen LogP contribution in [-0.4, -0.2) is 93.8 Å². The Morgan fingerprint density at radius 3 is 2.45 bits per heavy atom. The number of aliphatic imine (C=N–C) groups is 1. The molecule has 4 rings (SSSR count). The highest BCUT2D eigenvalue weighted by Gasteiger charge is 2.31. The van der Waals surface area contributed by atoms with Gasteiger partial charge in [0.2, 0.25) is 11.8 Å². The summed E-state index contributed by atoms with van der Waals surface area (Å²) in [5, 5.41) is 31.3. The second-order valence-corrected chi connectivity index (χ2v) is 12.5. The first kappa shape index (κ1) is 32.3. The molecule has 44 heavy (non-hydrogen) atoms. The van der Waals surface area contributed by atoms with Crippen LogP contribution in [0.25, 0.3) is 23.4 Å². The molecule has 234 valence electrons. The molecule has 0 saturated carbocycles. The maximum absolute atomic E-state index is 13.1. The second kappa shape index (κ2) is 12.5. The fourth-order valence-electron chi connectivity index (χ4n) is 4.91. The van der Waals surface area contributed by atoms with Crippen molar-refractivity contribution < 1.29 is 39.2 Å². The van der Waals surface area contributed by atoms with E-state index in [1.165, 1.54) is 16.2 Å². The average molecular weight is 625 g/mol. The number of hydrogen-bond donors (Lipinski definition) is 3. The molecule has 0 radical (unpaired) electrons. The van der Waals surface area contributed by atoms with E-state index >= 15 is 0 Å². The third kappa shape index (κ3) is 6.62. The number of ether oxygens (including phenoxy) is 2. The number of hydrogen-bond acceptors (Lipinski definition) is 10. The minimum absolute atomic E-state index is 0.0455. The molecule has 1 atom stereocenters. The molecule has 1 aromatic heterocycles. The molecule has 2 amide bonds. The van der Waals surface area contributed by atoms with Gasteiger partial charge in [-0.05, 0) is 25.5 Å². The second-order valence-electron chi connectivity index (χ2n) is 11.4. The molecule has 0 bridgehead atoms. The lowest BCUT2D eigenvalue weighted by Gasteiger charge is -2.29. The maximum Gasteiger partial charge on any atom is 0.414 e. The molecule has 0 saturated heterocycles. The number of amides is 2. The van der Waals surface area contributed by atoms with Crippen LogP contribution in [0, 0.1) is 6.92 Å². The summed E-state index contributed by atoms with van der Waals surface area (Å²) in [5.41, 5.74) is 0.628. The van der Waals surface area contributed by atoms with Gasteiger partial charge in [-0.1, -0.05) is 27.0 Å². The minimum Gasteiger partial charge on any atom is -0.507 e. The Labute approximate surface area is 258 Å². The van der Waals surface area contributed by atoms with Gasteiger partial charge in [0.15, 0.2) is 11.0 Å². The van der Waals surface area contributed by atoms with Gasteiger partial charge in [-0.3, -0.25) is 4.79 Å². The van der Waals surface area contributed by atoms with Crippen LogP contribution in [0.4, 0.5) is 4.79 Å². The van der Waals surface area contributed by atoms with Gasteiger partial charge in [0.05, 0.1) is 10.2 Å². The third-order valence-corrected chi connectivity index (χ3v) is 8.60. The standard InChI is InChI=1S/C31H36N4O8S/c1-16-17(2)26(38)24(18(3)25(16)37)31(4,5)14-23(36)34(6)11-8-12-35(7)30(41)43-19-9-10-20-22(13-19)44-28(33-20)27-32-21(15-42-27)29(39)40/h9-10,13,21,37-38H,2-3,8,11-12,14-15H2,1,4-7H3,(H,39,40)/t21-/m1/s1. The number of thiazole rings is 1. The van der Waals surface area contributed by atoms with Gasteiger partial charge in [0.1, 0.15) is 23.9 Å². The van der Waals surface area contributed by atoms with Crippen LogP contribution in [-0.2, 0) is 19.7 Å². The van der Waals surface area contributed by atoms with Gasteiger partial charge in [0, 0.05) is 66.7 Å². The quantitative estimate of drug-likeness (QED) is 0.288. The summed E-state index contributed by atoms with van der Waals surface area (Å²) < 4.78 is 11.6. The number of carbonyl (C=O) groups is 3. The van der Waals surface area contributed by atoms with E-state index in [0.29, 0.717) is 56.8 Å². The summed E-state index contributed by atoms with van der Waals surface area (Å²) in [6, 6.07) is 4.02. The summed E-state index contributed by atoms with van der Waals surface area (Å²) in [6.07, 6.45) is -0.0232. The van der Waals surface area contributed by atoms with E-state index in [1.807, 2.05) is 0 Å². The summed E-state index contributed by atoms with van der Waals surface area (Å²) >= 11 is 1.25. The minimum atomic E-state index is -1.07. The lowest BCUT2D eigenvalue weighted by molar-refractivity contribution is -0.138. The average Bonchev–Trinajstić information content (AvgIpc) is 3.62. The Kier molecular flexibility index (Phi) is 9.19. The number of aromatic nitrogens is 1. The van der Waals surface area contributed by atoms with Crippen molar-refractivity contribution >= 4 is 58.6 Å². The fraction of sp³-hybridized carbons (Fsp3) is 0.387. The van der Waals surface area contributed by atoms with Crippen LogP contribution in [0.1, 0.15) is 42.8 Å². The first-order valence-corrected chi connectivity index (χ1v) is 14.7. The van der Waals surface area contributed by atoms with Crippen molar-refractivity contribution in [1.82, 2.24) is 14.8 Å². The van der Waals surface area contributed by atoms with Crippen molar-refractivity contribution in [2.75, 3.05) is 33.8 Å². The molecule has 2 heterocycles. The van der Waals surface area contributed by atoms with E-state index in [2.05, 4.69) is 23.1 Å². The monoisotopic (exact) mass is 624 g/mol. The van der Waals surface area contributed by atoms with E-state index < -0.39 is 23.5 Å². The van der Waals surface area contributed by atoms with Crippen molar-refractivity contribution in [3.8, 4) is 17.2 Å². The number of benzene rings is 2. The zero-order chi connectivity index (χ0) is 32.5. The van der Waals surface area contributed by atoms with Gasteiger partial charge in [-0.15, -0.1) is 11.3 Å². The number of nitrogens with zero attached hydrogens (tertiary/aromatic N) is 4. The molecule has 0 spiro atoms. The summed E-state index contributed by atoms with van der Waals surface area (Å²) in [5.74, 6) is -0.869. The van der Waals surface area contributed by atoms with Crippen molar-refractivity contribution in [3.63, 3.8) is 0 Å². The van der Waals surface area contributed by atoms with Gasteiger partial charge in [-0.25, -0.2) is 19.6 Å². The van der Waals surface area contributed by atoms with Crippen molar-refractivity contribution in [2.45, 2.75) is 45.1 Å². The molecule has 12 nitrogen and oxygen atoms in total. The molecular formula is C31H36N4O8S. The van der Waals surface area contributed by atoms with Crippen molar-refractivity contribution in [3.05, 3.63) is 44.8 Å². The van der Waals surface area contributed by atoms with Crippen LogP contribution in [0.3, 0.4) is 0 Å². The molecule has 0 fully saturated rings.